The van der Waals surface area contributed by atoms with Gasteiger partial charge in [0.2, 0.25) is 0 Å². The SMILES string of the molecule is N#CNC=Nc1cccc(-c2csc(N)n2)c1. The smallest absolute Gasteiger partial charge is 0.182 e. The van der Waals surface area contributed by atoms with Crippen LogP contribution in [-0.4, -0.2) is 11.3 Å². The van der Waals surface area contributed by atoms with Crippen LogP contribution in [-0.2, 0) is 0 Å². The van der Waals surface area contributed by atoms with Crippen molar-refractivity contribution in [2.24, 2.45) is 4.99 Å². The van der Waals surface area contributed by atoms with E-state index in [-0.39, 0.29) is 0 Å². The predicted molar refractivity (Wildman–Crippen MR) is 68.9 cm³/mol. The Morgan fingerprint density at radius 1 is 1.53 bits per heavy atom. The number of anilines is 1. The summed E-state index contributed by atoms with van der Waals surface area (Å²) in [5.74, 6) is 0. The van der Waals surface area contributed by atoms with E-state index in [2.05, 4.69) is 15.3 Å². The van der Waals surface area contributed by atoms with Gasteiger partial charge in [0.15, 0.2) is 11.3 Å². The first kappa shape index (κ1) is 11.1. The van der Waals surface area contributed by atoms with E-state index in [0.29, 0.717) is 5.13 Å². The van der Waals surface area contributed by atoms with E-state index >= 15 is 0 Å². The molecule has 0 aliphatic rings. The quantitative estimate of drug-likeness (QED) is 0.374. The Labute approximate surface area is 102 Å². The van der Waals surface area contributed by atoms with Gasteiger partial charge in [0.25, 0.3) is 0 Å². The molecule has 0 bridgehead atoms. The Morgan fingerprint density at radius 2 is 2.41 bits per heavy atom. The molecule has 0 radical (unpaired) electrons. The van der Waals surface area contributed by atoms with Crippen LogP contribution < -0.4 is 11.1 Å². The van der Waals surface area contributed by atoms with Gasteiger partial charge in [-0.15, -0.1) is 11.3 Å². The molecular weight excluding hydrogens is 234 g/mol. The lowest BCUT2D eigenvalue weighted by Crippen LogP contribution is -1.98. The predicted octanol–water partition coefficient (Wildman–Crippen LogP) is 2.12. The van der Waals surface area contributed by atoms with Gasteiger partial charge < -0.3 is 5.73 Å². The average molecular weight is 243 g/mol. The van der Waals surface area contributed by atoms with E-state index in [1.54, 1.807) is 6.19 Å². The molecule has 2 rings (SSSR count). The van der Waals surface area contributed by atoms with E-state index < -0.39 is 0 Å². The molecule has 0 fully saturated rings. The summed E-state index contributed by atoms with van der Waals surface area (Å²) in [7, 11) is 0. The van der Waals surface area contributed by atoms with Crippen LogP contribution in [0.4, 0.5) is 10.8 Å². The number of nitrogens with two attached hydrogens (primary N) is 1. The van der Waals surface area contributed by atoms with Crippen LogP contribution in [0.5, 0.6) is 0 Å². The number of nitrogen functional groups attached to an aromatic ring is 1. The second-order valence-corrected chi connectivity index (χ2v) is 4.03. The van der Waals surface area contributed by atoms with Crippen molar-refractivity contribution in [3.63, 3.8) is 0 Å². The fraction of sp³-hybridized carbons (Fsp3) is 0. The lowest BCUT2D eigenvalue weighted by atomic mass is 10.1. The number of nitriles is 1. The van der Waals surface area contributed by atoms with Crippen LogP contribution in [0.1, 0.15) is 0 Å². The fourth-order valence-corrected chi connectivity index (χ4v) is 1.87. The van der Waals surface area contributed by atoms with Crippen molar-refractivity contribution >= 4 is 28.5 Å². The Bertz CT molecular complexity index is 582. The van der Waals surface area contributed by atoms with Crippen molar-refractivity contribution in [2.75, 3.05) is 5.73 Å². The molecule has 0 saturated carbocycles. The maximum absolute atomic E-state index is 8.30. The molecule has 0 amide bonds. The minimum atomic E-state index is 0.542. The normalized spacial score (nSPS) is 10.3. The number of hydrogen-bond acceptors (Lipinski definition) is 5. The molecule has 1 aromatic carbocycles. The number of rotatable bonds is 3. The third-order valence-corrected chi connectivity index (χ3v) is 2.68. The van der Waals surface area contributed by atoms with Crippen LogP contribution in [0.15, 0.2) is 34.6 Å². The second-order valence-electron chi connectivity index (χ2n) is 3.14. The number of thiazole rings is 1. The van der Waals surface area contributed by atoms with Crippen molar-refractivity contribution in [2.45, 2.75) is 0 Å². The number of nitrogens with zero attached hydrogens (tertiary/aromatic N) is 3. The first-order valence-corrected chi connectivity index (χ1v) is 5.66. The van der Waals surface area contributed by atoms with Gasteiger partial charge >= 0.3 is 0 Å². The molecule has 0 aliphatic heterocycles. The Kier molecular flexibility index (Phi) is 3.33. The van der Waals surface area contributed by atoms with Gasteiger partial charge in [-0.2, -0.15) is 5.26 Å². The molecule has 0 atom stereocenters. The summed E-state index contributed by atoms with van der Waals surface area (Å²) < 4.78 is 0. The highest BCUT2D eigenvalue weighted by Crippen LogP contribution is 2.26. The molecule has 84 valence electrons. The van der Waals surface area contributed by atoms with E-state index in [4.69, 9.17) is 11.0 Å². The standard InChI is InChI=1S/C11H9N5S/c12-6-14-7-15-9-3-1-2-8(4-9)10-5-17-11(13)16-10/h1-5,7H,(H2,13,16)(H,14,15). The molecule has 0 aliphatic carbocycles. The summed E-state index contributed by atoms with van der Waals surface area (Å²) in [6.07, 6.45) is 3.10. The lowest BCUT2D eigenvalue weighted by molar-refractivity contribution is 1.29. The molecular formula is C11H9N5S. The molecule has 6 heteroatoms. The summed E-state index contributed by atoms with van der Waals surface area (Å²) in [6.45, 7) is 0. The van der Waals surface area contributed by atoms with Crippen LogP contribution in [0.2, 0.25) is 0 Å². The maximum atomic E-state index is 8.30. The zero-order valence-corrected chi connectivity index (χ0v) is 9.61. The second kappa shape index (κ2) is 5.09. The van der Waals surface area contributed by atoms with Crippen molar-refractivity contribution in [1.82, 2.24) is 10.3 Å². The minimum absolute atomic E-state index is 0.542. The van der Waals surface area contributed by atoms with Crippen molar-refractivity contribution < 1.29 is 0 Å². The number of hydrogen-bond donors (Lipinski definition) is 2. The number of benzene rings is 1. The van der Waals surface area contributed by atoms with Gasteiger partial charge in [-0.05, 0) is 12.1 Å². The Hall–Kier alpha value is -2.39. The molecule has 1 aromatic heterocycles. The van der Waals surface area contributed by atoms with Gasteiger partial charge in [-0.25, -0.2) is 9.98 Å². The number of aromatic nitrogens is 1. The van der Waals surface area contributed by atoms with Gasteiger partial charge in [-0.3, -0.25) is 5.32 Å². The zero-order valence-electron chi connectivity index (χ0n) is 8.79. The largest absolute Gasteiger partial charge is 0.375 e. The summed E-state index contributed by atoms with van der Waals surface area (Å²) in [6, 6.07) is 7.54. The highest BCUT2D eigenvalue weighted by molar-refractivity contribution is 7.13. The Morgan fingerprint density at radius 3 is 3.12 bits per heavy atom. The van der Waals surface area contributed by atoms with Crippen LogP contribution in [0.25, 0.3) is 11.3 Å². The maximum Gasteiger partial charge on any atom is 0.182 e. The van der Waals surface area contributed by atoms with Crippen LogP contribution in [0, 0.1) is 11.5 Å². The van der Waals surface area contributed by atoms with Gasteiger partial charge in [-0.1, -0.05) is 12.1 Å². The average Bonchev–Trinajstić information content (AvgIpc) is 2.77. The first-order valence-electron chi connectivity index (χ1n) is 4.78. The summed E-state index contributed by atoms with van der Waals surface area (Å²) in [5.41, 5.74) is 8.11. The summed E-state index contributed by atoms with van der Waals surface area (Å²) in [4.78, 5) is 8.27. The lowest BCUT2D eigenvalue weighted by Gasteiger charge is -1.98. The van der Waals surface area contributed by atoms with E-state index in [1.165, 1.54) is 17.7 Å². The molecule has 0 unspecified atom stereocenters. The zero-order chi connectivity index (χ0) is 12.1. The molecule has 2 aromatic rings. The van der Waals surface area contributed by atoms with Crippen molar-refractivity contribution in [3.05, 3.63) is 29.6 Å². The van der Waals surface area contributed by atoms with E-state index in [1.807, 2.05) is 29.6 Å². The minimum Gasteiger partial charge on any atom is -0.375 e. The van der Waals surface area contributed by atoms with E-state index in [0.717, 1.165) is 16.9 Å². The molecule has 3 N–H and O–H groups in total. The fourth-order valence-electron chi connectivity index (χ4n) is 1.30. The third kappa shape index (κ3) is 2.80. The highest BCUT2D eigenvalue weighted by Gasteiger charge is 2.02. The van der Waals surface area contributed by atoms with Crippen molar-refractivity contribution in [3.8, 4) is 17.5 Å². The molecule has 5 nitrogen and oxygen atoms in total. The van der Waals surface area contributed by atoms with E-state index in [9.17, 15) is 0 Å². The summed E-state index contributed by atoms with van der Waals surface area (Å²) >= 11 is 1.40. The number of aliphatic imine (C=N–C) groups is 1. The number of nitrogens with one attached hydrogen (secondary N) is 1. The summed E-state index contributed by atoms with van der Waals surface area (Å²) in [5, 5.41) is 13.1. The topological polar surface area (TPSA) is 87.1 Å². The van der Waals surface area contributed by atoms with Gasteiger partial charge in [0.1, 0.15) is 6.34 Å². The monoisotopic (exact) mass is 243 g/mol. The third-order valence-electron chi connectivity index (χ3n) is 2.01. The Balaban J connectivity index is 2.26. The molecule has 1 heterocycles. The van der Waals surface area contributed by atoms with Gasteiger partial charge in [0, 0.05) is 10.9 Å². The van der Waals surface area contributed by atoms with Crippen LogP contribution in [0.3, 0.4) is 0 Å². The molecule has 0 spiro atoms. The van der Waals surface area contributed by atoms with Crippen LogP contribution >= 0.6 is 11.3 Å². The first-order chi connectivity index (χ1) is 8.29. The highest BCUT2D eigenvalue weighted by atomic mass is 32.1. The molecule has 17 heavy (non-hydrogen) atoms. The van der Waals surface area contributed by atoms with Gasteiger partial charge in [0.05, 0.1) is 11.4 Å². The van der Waals surface area contributed by atoms with Crippen molar-refractivity contribution in [1.29, 1.82) is 5.26 Å². The molecule has 0 saturated heterocycles.